The summed E-state index contributed by atoms with van der Waals surface area (Å²) in [7, 11) is 0. The molecule has 0 saturated carbocycles. The second-order valence-electron chi connectivity index (χ2n) is 4.83. The SMILES string of the molecule is Cc1ccc2c(Cl)nc(-c3c(C)cccc3O)nc2c1. The highest BCUT2D eigenvalue weighted by Crippen LogP contribution is 2.32. The predicted molar refractivity (Wildman–Crippen MR) is 81.1 cm³/mol. The van der Waals surface area contributed by atoms with Gasteiger partial charge in [-0.2, -0.15) is 0 Å². The van der Waals surface area contributed by atoms with Crippen LogP contribution < -0.4 is 0 Å². The summed E-state index contributed by atoms with van der Waals surface area (Å²) < 4.78 is 0. The van der Waals surface area contributed by atoms with E-state index in [2.05, 4.69) is 9.97 Å². The molecule has 100 valence electrons. The average Bonchev–Trinajstić information content (AvgIpc) is 2.38. The van der Waals surface area contributed by atoms with Gasteiger partial charge in [-0.05, 0) is 43.2 Å². The molecule has 3 rings (SSSR count). The van der Waals surface area contributed by atoms with E-state index in [4.69, 9.17) is 11.6 Å². The summed E-state index contributed by atoms with van der Waals surface area (Å²) in [6.07, 6.45) is 0. The number of benzene rings is 2. The molecule has 0 radical (unpaired) electrons. The van der Waals surface area contributed by atoms with Gasteiger partial charge in [-0.3, -0.25) is 0 Å². The molecule has 0 aliphatic carbocycles. The molecule has 0 aliphatic rings. The van der Waals surface area contributed by atoms with Crippen LogP contribution in [0.3, 0.4) is 0 Å². The Kier molecular flexibility index (Phi) is 3.07. The fourth-order valence-electron chi connectivity index (χ4n) is 2.26. The molecular weight excluding hydrogens is 272 g/mol. The molecular formula is C16H13ClN2O. The summed E-state index contributed by atoms with van der Waals surface area (Å²) in [5, 5.41) is 11.2. The van der Waals surface area contributed by atoms with Crippen molar-refractivity contribution in [3.05, 3.63) is 52.7 Å². The first-order valence-corrected chi connectivity index (χ1v) is 6.67. The predicted octanol–water partition coefficient (Wildman–Crippen LogP) is 4.27. The summed E-state index contributed by atoms with van der Waals surface area (Å²) in [5.74, 6) is 0.608. The molecule has 3 nitrogen and oxygen atoms in total. The maximum atomic E-state index is 10.0. The van der Waals surface area contributed by atoms with Crippen molar-refractivity contribution in [1.82, 2.24) is 9.97 Å². The topological polar surface area (TPSA) is 46.0 Å². The van der Waals surface area contributed by atoms with Crippen LogP contribution in [0.5, 0.6) is 5.75 Å². The van der Waals surface area contributed by atoms with Crippen LogP contribution in [0.4, 0.5) is 0 Å². The number of aryl methyl sites for hydroxylation is 2. The number of hydrogen-bond donors (Lipinski definition) is 1. The van der Waals surface area contributed by atoms with E-state index >= 15 is 0 Å². The molecule has 0 aliphatic heterocycles. The smallest absolute Gasteiger partial charge is 0.165 e. The van der Waals surface area contributed by atoms with Crippen LogP contribution in [-0.4, -0.2) is 15.1 Å². The number of phenolic OH excluding ortho intramolecular Hbond substituents is 1. The Bertz CT molecular complexity index is 795. The van der Waals surface area contributed by atoms with Crippen LogP contribution in [0.15, 0.2) is 36.4 Å². The van der Waals surface area contributed by atoms with Gasteiger partial charge in [0.25, 0.3) is 0 Å². The number of halogens is 1. The van der Waals surface area contributed by atoms with Gasteiger partial charge in [0.2, 0.25) is 0 Å². The van der Waals surface area contributed by atoms with Crippen LogP contribution in [-0.2, 0) is 0 Å². The van der Waals surface area contributed by atoms with Crippen LogP contribution in [0.2, 0.25) is 5.15 Å². The lowest BCUT2D eigenvalue weighted by molar-refractivity contribution is 0.476. The Hall–Kier alpha value is -2.13. The van der Waals surface area contributed by atoms with E-state index in [1.807, 2.05) is 38.1 Å². The highest BCUT2D eigenvalue weighted by Gasteiger charge is 2.13. The monoisotopic (exact) mass is 284 g/mol. The van der Waals surface area contributed by atoms with E-state index in [-0.39, 0.29) is 5.75 Å². The molecule has 0 amide bonds. The van der Waals surface area contributed by atoms with Gasteiger partial charge in [0.05, 0.1) is 11.1 Å². The second kappa shape index (κ2) is 4.76. The summed E-state index contributed by atoms with van der Waals surface area (Å²) >= 11 is 6.24. The van der Waals surface area contributed by atoms with Crippen molar-refractivity contribution in [2.24, 2.45) is 0 Å². The largest absolute Gasteiger partial charge is 0.507 e. The first-order valence-electron chi connectivity index (χ1n) is 6.29. The van der Waals surface area contributed by atoms with Crippen molar-refractivity contribution in [2.45, 2.75) is 13.8 Å². The molecule has 0 saturated heterocycles. The fraction of sp³-hybridized carbons (Fsp3) is 0.125. The molecule has 4 heteroatoms. The van der Waals surface area contributed by atoms with Gasteiger partial charge >= 0.3 is 0 Å². The van der Waals surface area contributed by atoms with Crippen molar-refractivity contribution in [1.29, 1.82) is 0 Å². The number of aromatic hydroxyl groups is 1. The zero-order valence-corrected chi connectivity index (χ0v) is 11.9. The third kappa shape index (κ3) is 2.10. The lowest BCUT2D eigenvalue weighted by Gasteiger charge is -2.09. The minimum atomic E-state index is 0.160. The number of nitrogens with zero attached hydrogens (tertiary/aromatic N) is 2. The van der Waals surface area contributed by atoms with Gasteiger partial charge in [0.1, 0.15) is 10.9 Å². The van der Waals surface area contributed by atoms with E-state index in [0.29, 0.717) is 16.5 Å². The third-order valence-electron chi connectivity index (χ3n) is 3.28. The summed E-state index contributed by atoms with van der Waals surface area (Å²) in [6, 6.07) is 11.2. The molecule has 0 spiro atoms. The number of rotatable bonds is 1. The Morgan fingerprint density at radius 3 is 2.60 bits per heavy atom. The van der Waals surface area contributed by atoms with Gasteiger partial charge in [0, 0.05) is 5.39 Å². The molecule has 0 fully saturated rings. The average molecular weight is 285 g/mol. The van der Waals surface area contributed by atoms with E-state index in [1.165, 1.54) is 0 Å². The molecule has 20 heavy (non-hydrogen) atoms. The van der Waals surface area contributed by atoms with Crippen LogP contribution in [0.25, 0.3) is 22.3 Å². The first kappa shape index (κ1) is 12.9. The molecule has 1 heterocycles. The molecule has 2 aromatic carbocycles. The van der Waals surface area contributed by atoms with Gasteiger partial charge in [-0.15, -0.1) is 0 Å². The van der Waals surface area contributed by atoms with Crippen molar-refractivity contribution in [2.75, 3.05) is 0 Å². The maximum absolute atomic E-state index is 10.0. The van der Waals surface area contributed by atoms with Crippen molar-refractivity contribution in [3.8, 4) is 17.1 Å². The second-order valence-corrected chi connectivity index (χ2v) is 5.19. The van der Waals surface area contributed by atoms with Crippen LogP contribution in [0, 0.1) is 13.8 Å². The van der Waals surface area contributed by atoms with Crippen molar-refractivity contribution >= 4 is 22.5 Å². The summed E-state index contributed by atoms with van der Waals surface area (Å²) in [5.41, 5.74) is 3.42. The van der Waals surface area contributed by atoms with Gasteiger partial charge in [-0.1, -0.05) is 29.8 Å². The van der Waals surface area contributed by atoms with Gasteiger partial charge < -0.3 is 5.11 Å². The van der Waals surface area contributed by atoms with E-state index < -0.39 is 0 Å². The lowest BCUT2D eigenvalue weighted by Crippen LogP contribution is -1.94. The molecule has 3 aromatic rings. The first-order chi connectivity index (χ1) is 9.56. The molecule has 0 unspecified atom stereocenters. The highest BCUT2D eigenvalue weighted by atomic mass is 35.5. The van der Waals surface area contributed by atoms with Crippen LogP contribution in [0.1, 0.15) is 11.1 Å². The number of hydrogen-bond acceptors (Lipinski definition) is 3. The lowest BCUT2D eigenvalue weighted by atomic mass is 10.1. The molecule has 1 N–H and O–H groups in total. The fourth-order valence-corrected chi connectivity index (χ4v) is 2.50. The minimum absolute atomic E-state index is 0.160. The Morgan fingerprint density at radius 1 is 1.05 bits per heavy atom. The summed E-state index contributed by atoms with van der Waals surface area (Å²) in [4.78, 5) is 8.85. The van der Waals surface area contributed by atoms with E-state index in [0.717, 1.165) is 22.0 Å². The molecule has 1 aromatic heterocycles. The zero-order chi connectivity index (χ0) is 14.3. The van der Waals surface area contributed by atoms with Gasteiger partial charge in [0.15, 0.2) is 5.82 Å². The normalized spacial score (nSPS) is 10.9. The Labute approximate surface area is 121 Å². The van der Waals surface area contributed by atoms with E-state index in [1.54, 1.807) is 12.1 Å². The minimum Gasteiger partial charge on any atom is -0.507 e. The Balaban J connectivity index is 2.32. The third-order valence-corrected chi connectivity index (χ3v) is 3.57. The van der Waals surface area contributed by atoms with Crippen molar-refractivity contribution in [3.63, 3.8) is 0 Å². The Morgan fingerprint density at radius 2 is 1.85 bits per heavy atom. The highest BCUT2D eigenvalue weighted by molar-refractivity contribution is 6.34. The number of fused-ring (bicyclic) bond motifs is 1. The van der Waals surface area contributed by atoms with Crippen molar-refractivity contribution < 1.29 is 5.11 Å². The quantitative estimate of drug-likeness (QED) is 0.679. The zero-order valence-electron chi connectivity index (χ0n) is 11.2. The van der Waals surface area contributed by atoms with E-state index in [9.17, 15) is 5.11 Å². The van der Waals surface area contributed by atoms with Crippen LogP contribution >= 0.6 is 11.6 Å². The molecule has 0 bridgehead atoms. The number of aromatic nitrogens is 2. The maximum Gasteiger partial charge on any atom is 0.165 e. The molecule has 0 atom stereocenters. The van der Waals surface area contributed by atoms with Gasteiger partial charge in [-0.25, -0.2) is 9.97 Å². The summed E-state index contributed by atoms with van der Waals surface area (Å²) in [6.45, 7) is 3.91. The standard InChI is InChI=1S/C16H13ClN2O/c1-9-6-7-11-12(8-9)18-16(19-15(11)17)14-10(2)4-3-5-13(14)20/h3-8,20H,1-2H3. The number of phenols is 1.